The number of rotatable bonds is 4. The molecule has 1 fully saturated rings. The molecule has 3 aromatic rings. The molecular weight excluding hydrogens is 388 g/mol. The highest BCUT2D eigenvalue weighted by Gasteiger charge is 2.22. The zero-order chi connectivity index (χ0) is 20.4. The highest BCUT2D eigenvalue weighted by atomic mass is 32.1. The molecule has 0 radical (unpaired) electrons. The number of carbonyl (C=O) groups is 2. The van der Waals surface area contributed by atoms with Gasteiger partial charge in [0.2, 0.25) is 5.91 Å². The zero-order valence-electron chi connectivity index (χ0n) is 16.6. The second kappa shape index (κ2) is 8.34. The summed E-state index contributed by atoms with van der Waals surface area (Å²) < 4.78 is 8.01. The van der Waals surface area contributed by atoms with Crippen molar-refractivity contribution < 1.29 is 14.0 Å². The molecule has 0 bridgehead atoms. The summed E-state index contributed by atoms with van der Waals surface area (Å²) in [5.41, 5.74) is 2.03. The van der Waals surface area contributed by atoms with Crippen molar-refractivity contribution in [3.8, 4) is 0 Å². The Morgan fingerprint density at radius 1 is 1.17 bits per heavy atom. The predicted molar refractivity (Wildman–Crippen MR) is 112 cm³/mol. The molecule has 7 nitrogen and oxygen atoms in total. The molecule has 3 heterocycles. The van der Waals surface area contributed by atoms with Gasteiger partial charge in [0.25, 0.3) is 0 Å². The van der Waals surface area contributed by atoms with Gasteiger partial charge in [0, 0.05) is 26.2 Å². The summed E-state index contributed by atoms with van der Waals surface area (Å²) in [6.45, 7) is 8.57. The summed E-state index contributed by atoms with van der Waals surface area (Å²) in [7, 11) is 0. The number of aryl methyl sites for hydroxylation is 1. The number of nitrogens with zero attached hydrogens (tertiary/aromatic N) is 4. The van der Waals surface area contributed by atoms with E-state index in [1.54, 1.807) is 12.1 Å². The molecule has 1 aromatic carbocycles. The van der Waals surface area contributed by atoms with Crippen LogP contribution in [0.4, 0.5) is 0 Å². The maximum atomic E-state index is 13.0. The number of benzene rings is 1. The van der Waals surface area contributed by atoms with Gasteiger partial charge in [-0.3, -0.25) is 9.59 Å². The van der Waals surface area contributed by atoms with Crippen LogP contribution in [0.15, 0.2) is 46.0 Å². The van der Waals surface area contributed by atoms with Crippen molar-refractivity contribution in [3.05, 3.63) is 52.7 Å². The number of fused-ring (bicyclic) bond motifs is 1. The van der Waals surface area contributed by atoms with E-state index in [1.165, 1.54) is 17.6 Å². The Hall–Kier alpha value is -2.71. The number of furan rings is 1. The number of hydrogen-bond donors (Lipinski definition) is 0. The Morgan fingerprint density at radius 3 is 2.66 bits per heavy atom. The van der Waals surface area contributed by atoms with E-state index in [2.05, 4.69) is 22.9 Å². The van der Waals surface area contributed by atoms with Gasteiger partial charge in [-0.1, -0.05) is 24.3 Å². The van der Waals surface area contributed by atoms with E-state index in [1.807, 2.05) is 28.5 Å². The number of aromatic nitrogens is 1. The van der Waals surface area contributed by atoms with E-state index in [9.17, 15) is 9.59 Å². The number of carbonyl (C=O) groups excluding carboxylic acids is 2. The van der Waals surface area contributed by atoms with E-state index < -0.39 is 5.91 Å². The SMILES string of the molecule is CCN1CCN(C(=O)Cn2c(=NC(=O)c3ccco3)sc3cc(C)ccc32)CC1. The summed E-state index contributed by atoms with van der Waals surface area (Å²) in [5, 5.41) is 0. The van der Waals surface area contributed by atoms with Crippen LogP contribution >= 0.6 is 11.3 Å². The fourth-order valence-corrected chi connectivity index (χ4v) is 4.64. The standard InChI is InChI=1S/C21H24N4O3S/c1-3-23-8-10-24(11-9-23)19(26)14-25-16-7-6-15(2)13-18(16)29-21(25)22-20(27)17-5-4-12-28-17/h4-7,12-13H,3,8-11,14H2,1-2H3. The molecule has 1 aliphatic rings. The van der Waals surface area contributed by atoms with Gasteiger partial charge in [0.15, 0.2) is 10.6 Å². The predicted octanol–water partition coefficient (Wildman–Crippen LogP) is 2.51. The van der Waals surface area contributed by atoms with Crippen LogP contribution in [0.25, 0.3) is 10.2 Å². The van der Waals surface area contributed by atoms with Crippen molar-refractivity contribution in [1.82, 2.24) is 14.4 Å². The minimum Gasteiger partial charge on any atom is -0.459 e. The van der Waals surface area contributed by atoms with Gasteiger partial charge in [0.1, 0.15) is 6.54 Å². The second-order valence-corrected chi connectivity index (χ2v) is 8.16. The third-order valence-electron chi connectivity index (χ3n) is 5.23. The van der Waals surface area contributed by atoms with E-state index >= 15 is 0 Å². The van der Waals surface area contributed by atoms with Crippen LogP contribution in [0.2, 0.25) is 0 Å². The Balaban J connectivity index is 1.67. The lowest BCUT2D eigenvalue weighted by Crippen LogP contribution is -2.49. The average molecular weight is 413 g/mol. The van der Waals surface area contributed by atoms with Gasteiger partial charge >= 0.3 is 5.91 Å². The molecular formula is C21H24N4O3S. The van der Waals surface area contributed by atoms with Crippen molar-refractivity contribution >= 4 is 33.4 Å². The largest absolute Gasteiger partial charge is 0.459 e. The Morgan fingerprint density at radius 2 is 1.97 bits per heavy atom. The average Bonchev–Trinajstić information content (AvgIpc) is 3.37. The Kier molecular flexibility index (Phi) is 5.64. The molecule has 29 heavy (non-hydrogen) atoms. The van der Waals surface area contributed by atoms with Crippen molar-refractivity contribution in [1.29, 1.82) is 0 Å². The van der Waals surface area contributed by atoms with Crippen molar-refractivity contribution in [2.75, 3.05) is 32.7 Å². The normalized spacial score (nSPS) is 15.9. The maximum Gasteiger partial charge on any atom is 0.315 e. The molecule has 1 saturated heterocycles. The van der Waals surface area contributed by atoms with Crippen molar-refractivity contribution in [2.24, 2.45) is 4.99 Å². The molecule has 0 N–H and O–H groups in total. The second-order valence-electron chi connectivity index (χ2n) is 7.15. The first-order valence-electron chi connectivity index (χ1n) is 9.78. The molecule has 0 aliphatic carbocycles. The van der Waals surface area contributed by atoms with Gasteiger partial charge in [-0.2, -0.15) is 4.99 Å². The van der Waals surface area contributed by atoms with E-state index in [0.29, 0.717) is 4.80 Å². The van der Waals surface area contributed by atoms with E-state index in [-0.39, 0.29) is 18.2 Å². The highest BCUT2D eigenvalue weighted by Crippen LogP contribution is 2.19. The van der Waals surface area contributed by atoms with Crippen molar-refractivity contribution in [2.45, 2.75) is 20.4 Å². The minimum atomic E-state index is -0.448. The molecule has 2 amide bonds. The summed E-state index contributed by atoms with van der Waals surface area (Å²) in [6, 6.07) is 9.29. The quantitative estimate of drug-likeness (QED) is 0.660. The van der Waals surface area contributed by atoms with Crippen LogP contribution in [0.3, 0.4) is 0 Å². The Labute approximate surface area is 172 Å². The van der Waals surface area contributed by atoms with Gasteiger partial charge in [0.05, 0.1) is 16.5 Å². The first-order valence-corrected chi connectivity index (χ1v) is 10.6. The smallest absolute Gasteiger partial charge is 0.315 e. The van der Waals surface area contributed by atoms with Crippen LogP contribution in [0, 0.1) is 6.92 Å². The van der Waals surface area contributed by atoms with Gasteiger partial charge in [-0.05, 0) is 43.3 Å². The molecule has 0 saturated carbocycles. The highest BCUT2D eigenvalue weighted by molar-refractivity contribution is 7.16. The number of thiazole rings is 1. The molecule has 8 heteroatoms. The fraction of sp³-hybridized carbons (Fsp3) is 0.381. The van der Waals surface area contributed by atoms with Crippen LogP contribution in [0.5, 0.6) is 0 Å². The number of hydrogen-bond acceptors (Lipinski definition) is 5. The van der Waals surface area contributed by atoms with Crippen LogP contribution in [-0.4, -0.2) is 58.9 Å². The monoisotopic (exact) mass is 412 g/mol. The number of amides is 2. The third kappa shape index (κ3) is 4.18. The lowest BCUT2D eigenvalue weighted by molar-refractivity contribution is -0.133. The molecule has 0 unspecified atom stereocenters. The molecule has 1 aliphatic heterocycles. The molecule has 0 spiro atoms. The lowest BCUT2D eigenvalue weighted by atomic mass is 10.2. The van der Waals surface area contributed by atoms with Gasteiger partial charge in [-0.25, -0.2) is 0 Å². The molecule has 4 rings (SSSR count). The van der Waals surface area contributed by atoms with E-state index in [0.717, 1.165) is 48.5 Å². The summed E-state index contributed by atoms with van der Waals surface area (Å²) in [4.78, 5) is 34.4. The van der Waals surface area contributed by atoms with Gasteiger partial charge < -0.3 is 18.8 Å². The summed E-state index contributed by atoms with van der Waals surface area (Å²) in [5.74, 6) is -0.212. The van der Waals surface area contributed by atoms with E-state index in [4.69, 9.17) is 4.42 Å². The topological polar surface area (TPSA) is 71.1 Å². The molecule has 0 atom stereocenters. The number of piperazine rings is 1. The molecule has 2 aromatic heterocycles. The number of likely N-dealkylation sites (N-methyl/N-ethyl adjacent to an activating group) is 1. The molecule has 152 valence electrons. The summed E-state index contributed by atoms with van der Waals surface area (Å²) >= 11 is 1.41. The van der Waals surface area contributed by atoms with Gasteiger partial charge in [-0.15, -0.1) is 0 Å². The van der Waals surface area contributed by atoms with Crippen LogP contribution in [-0.2, 0) is 11.3 Å². The minimum absolute atomic E-state index is 0.0490. The van der Waals surface area contributed by atoms with Crippen LogP contribution < -0.4 is 4.80 Å². The first-order chi connectivity index (χ1) is 14.0. The third-order valence-corrected chi connectivity index (χ3v) is 6.27. The zero-order valence-corrected chi connectivity index (χ0v) is 17.4. The first kappa shape index (κ1) is 19.6. The summed E-state index contributed by atoms with van der Waals surface area (Å²) in [6.07, 6.45) is 1.45. The fourth-order valence-electron chi connectivity index (χ4n) is 3.51. The van der Waals surface area contributed by atoms with Crippen molar-refractivity contribution in [3.63, 3.8) is 0 Å². The lowest BCUT2D eigenvalue weighted by Gasteiger charge is -2.34. The Bertz CT molecular complexity index is 1090. The maximum absolute atomic E-state index is 13.0. The van der Waals surface area contributed by atoms with Crippen LogP contribution in [0.1, 0.15) is 23.0 Å².